The molecule has 2 unspecified atom stereocenters. The Balaban J connectivity index is 3.89. The van der Waals surface area contributed by atoms with Crippen molar-refractivity contribution in [3.63, 3.8) is 0 Å². The number of halogens is 3. The first kappa shape index (κ1) is 32.7. The fourth-order valence-corrected chi connectivity index (χ4v) is 8.06. The van der Waals surface area contributed by atoms with Crippen LogP contribution in [0, 0.1) is 10.7 Å². The van der Waals surface area contributed by atoms with Gasteiger partial charge in [0.25, 0.3) is 5.91 Å². The maximum Gasteiger partial charge on any atom is 0.253 e. The van der Waals surface area contributed by atoms with E-state index in [2.05, 4.69) is 5.32 Å². The maximum atomic E-state index is 13.2. The number of aliphatic hydroxyl groups excluding tert-OH is 4. The Morgan fingerprint density at radius 2 is 1.17 bits per heavy atom. The molecule has 10 nitrogen and oxygen atoms in total. The molecule has 0 heterocycles. The van der Waals surface area contributed by atoms with Crippen LogP contribution in [0.5, 0.6) is 0 Å². The predicted molar refractivity (Wildman–Crippen MR) is 159 cm³/mol. The number of benzene rings is 1. The molecule has 2 atom stereocenters. The second-order valence-corrected chi connectivity index (χ2v) is 11.5. The van der Waals surface area contributed by atoms with Gasteiger partial charge >= 0.3 is 0 Å². The Hall–Kier alpha value is -0.340. The molecule has 0 radical (unpaired) electrons. The molecule has 0 fully saturated rings. The van der Waals surface area contributed by atoms with Gasteiger partial charge < -0.3 is 35.5 Å². The summed E-state index contributed by atoms with van der Waals surface area (Å²) in [5, 5.41) is 41.0. The van der Waals surface area contributed by atoms with Crippen LogP contribution in [-0.4, -0.2) is 82.7 Å². The summed E-state index contributed by atoms with van der Waals surface area (Å²) >= 11 is 6.06. The number of anilines is 2. The Bertz CT molecular complexity index is 871. The third-order valence-corrected chi connectivity index (χ3v) is 8.13. The maximum absolute atomic E-state index is 13.2. The SMILES string of the molecule is CC(=O)N(CCC(O)CO)c1c(I)c(C(=O)NC(C)C)c(I)c(N(CCC(O)CO)C(C)=O)c1I. The van der Waals surface area contributed by atoms with Gasteiger partial charge in [-0.25, -0.2) is 0 Å². The fraction of sp³-hybridized carbons (Fsp3) is 0.591. The van der Waals surface area contributed by atoms with Gasteiger partial charge in [0.05, 0.1) is 53.1 Å². The lowest BCUT2D eigenvalue weighted by molar-refractivity contribution is -0.117. The Morgan fingerprint density at radius 3 is 1.46 bits per heavy atom. The molecule has 35 heavy (non-hydrogen) atoms. The van der Waals surface area contributed by atoms with Crippen LogP contribution in [0.1, 0.15) is 50.9 Å². The summed E-state index contributed by atoms with van der Waals surface area (Å²) in [7, 11) is 0. The van der Waals surface area contributed by atoms with Crippen LogP contribution in [0.15, 0.2) is 0 Å². The van der Waals surface area contributed by atoms with Gasteiger partial charge in [-0.15, -0.1) is 0 Å². The highest BCUT2D eigenvalue weighted by atomic mass is 127. The van der Waals surface area contributed by atoms with Gasteiger partial charge in [0, 0.05) is 33.0 Å². The summed E-state index contributed by atoms with van der Waals surface area (Å²) in [6, 6.07) is -0.160. The molecule has 0 aliphatic heterocycles. The summed E-state index contributed by atoms with van der Waals surface area (Å²) in [4.78, 5) is 41.5. The number of nitrogens with zero attached hydrogens (tertiary/aromatic N) is 2. The van der Waals surface area contributed by atoms with Crippen molar-refractivity contribution >= 4 is 96.9 Å². The number of rotatable bonds is 12. The van der Waals surface area contributed by atoms with Crippen LogP contribution >= 0.6 is 67.8 Å². The quantitative estimate of drug-likeness (QED) is 0.202. The van der Waals surface area contributed by atoms with E-state index >= 15 is 0 Å². The molecule has 0 aromatic heterocycles. The van der Waals surface area contributed by atoms with Gasteiger partial charge in [-0.1, -0.05) is 0 Å². The zero-order valence-electron chi connectivity index (χ0n) is 20.0. The third kappa shape index (κ3) is 8.87. The number of aliphatic hydroxyl groups is 4. The van der Waals surface area contributed by atoms with Crippen LogP contribution in [0.4, 0.5) is 11.4 Å². The normalized spacial score (nSPS) is 12.9. The fourth-order valence-electron chi connectivity index (χ4n) is 3.24. The predicted octanol–water partition coefficient (Wildman–Crippen LogP) is 1.83. The topological polar surface area (TPSA) is 151 Å². The first-order valence-electron chi connectivity index (χ1n) is 10.9. The Morgan fingerprint density at radius 1 is 0.800 bits per heavy atom. The second kappa shape index (κ2) is 15.2. The second-order valence-electron chi connectivity index (χ2n) is 8.23. The van der Waals surface area contributed by atoms with Crippen molar-refractivity contribution in [1.82, 2.24) is 5.32 Å². The minimum Gasteiger partial charge on any atom is -0.394 e. The largest absolute Gasteiger partial charge is 0.394 e. The minimum atomic E-state index is -1.02. The summed E-state index contributed by atoms with van der Waals surface area (Å²) in [6.07, 6.45) is -1.83. The first-order chi connectivity index (χ1) is 16.3. The average molecular weight is 831 g/mol. The van der Waals surface area contributed by atoms with Gasteiger partial charge in [-0.05, 0) is 94.5 Å². The molecule has 1 rings (SSSR count). The summed E-state index contributed by atoms with van der Waals surface area (Å²) in [5.41, 5.74) is 1.14. The van der Waals surface area contributed by atoms with E-state index in [9.17, 15) is 34.8 Å². The first-order valence-corrected chi connectivity index (χ1v) is 14.2. The van der Waals surface area contributed by atoms with E-state index in [4.69, 9.17) is 0 Å². The molecule has 5 N–H and O–H groups in total. The number of amides is 3. The summed E-state index contributed by atoms with van der Waals surface area (Å²) < 4.78 is 1.55. The number of carbonyl (C=O) groups excluding carboxylic acids is 3. The van der Waals surface area contributed by atoms with Crippen molar-refractivity contribution < 1.29 is 34.8 Å². The van der Waals surface area contributed by atoms with Gasteiger partial charge in [-0.2, -0.15) is 0 Å². The third-order valence-electron chi connectivity index (χ3n) is 5.01. The highest BCUT2D eigenvalue weighted by molar-refractivity contribution is 14.1. The van der Waals surface area contributed by atoms with Crippen molar-refractivity contribution in [1.29, 1.82) is 0 Å². The minimum absolute atomic E-state index is 0.0810. The lowest BCUT2D eigenvalue weighted by Gasteiger charge is -2.32. The number of hydrogen-bond acceptors (Lipinski definition) is 7. The van der Waals surface area contributed by atoms with Crippen molar-refractivity contribution in [2.75, 3.05) is 36.1 Å². The van der Waals surface area contributed by atoms with E-state index in [0.29, 0.717) is 27.6 Å². The average Bonchev–Trinajstić information content (AvgIpc) is 2.76. The van der Waals surface area contributed by atoms with Crippen LogP contribution < -0.4 is 15.1 Å². The van der Waals surface area contributed by atoms with Crippen molar-refractivity contribution in [3.8, 4) is 0 Å². The standard InChI is InChI=1S/C22H32I3N3O7/c1-11(2)26-22(35)16-17(23)20(27(12(3)31)7-5-14(33)9-29)19(25)21(18(16)24)28(13(4)32)8-6-15(34)10-30/h11,14-15,29-30,33-34H,5-10H2,1-4H3,(H,26,35). The molecule has 0 bridgehead atoms. The van der Waals surface area contributed by atoms with Gasteiger partial charge in [0.2, 0.25) is 11.8 Å². The van der Waals surface area contributed by atoms with Crippen LogP contribution in [0.2, 0.25) is 0 Å². The van der Waals surface area contributed by atoms with E-state index < -0.39 is 25.4 Å². The van der Waals surface area contributed by atoms with Gasteiger partial charge in [-0.3, -0.25) is 14.4 Å². The lowest BCUT2D eigenvalue weighted by Crippen LogP contribution is -2.38. The number of carbonyl (C=O) groups is 3. The molecule has 0 saturated heterocycles. The molecule has 198 valence electrons. The highest BCUT2D eigenvalue weighted by Crippen LogP contribution is 2.43. The van der Waals surface area contributed by atoms with E-state index in [1.54, 1.807) is 0 Å². The zero-order valence-corrected chi connectivity index (χ0v) is 26.5. The molecule has 0 spiro atoms. The van der Waals surface area contributed by atoms with Crippen LogP contribution in [-0.2, 0) is 9.59 Å². The van der Waals surface area contributed by atoms with E-state index in [0.717, 1.165) is 0 Å². The summed E-state index contributed by atoms with van der Waals surface area (Å²) in [5.74, 6) is -1.04. The van der Waals surface area contributed by atoms with E-state index in [1.807, 2.05) is 81.6 Å². The van der Waals surface area contributed by atoms with Crippen molar-refractivity contribution in [3.05, 3.63) is 16.3 Å². The van der Waals surface area contributed by atoms with Crippen molar-refractivity contribution in [2.24, 2.45) is 0 Å². The Kier molecular flexibility index (Phi) is 14.2. The molecule has 1 aromatic carbocycles. The molecule has 0 aliphatic carbocycles. The molecule has 3 amide bonds. The molecule has 0 aliphatic rings. The van der Waals surface area contributed by atoms with Crippen LogP contribution in [0.25, 0.3) is 0 Å². The highest BCUT2D eigenvalue weighted by Gasteiger charge is 2.32. The van der Waals surface area contributed by atoms with Crippen molar-refractivity contribution in [2.45, 2.75) is 58.8 Å². The lowest BCUT2D eigenvalue weighted by atomic mass is 10.1. The molecule has 1 aromatic rings. The van der Waals surface area contributed by atoms with E-state index in [1.165, 1.54) is 23.6 Å². The molecule has 0 saturated carbocycles. The molecular weight excluding hydrogens is 799 g/mol. The van der Waals surface area contributed by atoms with Gasteiger partial charge in [0.15, 0.2) is 0 Å². The molecule has 13 heteroatoms. The van der Waals surface area contributed by atoms with Crippen LogP contribution in [0.3, 0.4) is 0 Å². The molecular formula is C22H32I3N3O7. The summed E-state index contributed by atoms with van der Waals surface area (Å²) in [6.45, 7) is 5.63. The van der Waals surface area contributed by atoms with Gasteiger partial charge in [0.1, 0.15) is 0 Å². The van der Waals surface area contributed by atoms with E-state index in [-0.39, 0.29) is 49.7 Å². The Labute approximate surface area is 246 Å². The monoisotopic (exact) mass is 831 g/mol. The number of nitrogens with one attached hydrogen (secondary N) is 1. The zero-order chi connectivity index (χ0) is 27.0. The number of hydrogen-bond donors (Lipinski definition) is 5. The smallest absolute Gasteiger partial charge is 0.253 e.